The van der Waals surface area contributed by atoms with E-state index in [0.717, 1.165) is 0 Å². The Balaban J connectivity index is 1.85. The summed E-state index contributed by atoms with van der Waals surface area (Å²) in [6, 6.07) is 19.5. The van der Waals surface area contributed by atoms with Crippen LogP contribution < -0.4 is 11.0 Å². The van der Waals surface area contributed by atoms with E-state index >= 15 is 0 Å². The summed E-state index contributed by atoms with van der Waals surface area (Å²) >= 11 is 6.24. The number of para-hydroxylation sites is 1. The number of hydrazone groups is 1. The fraction of sp³-hybridized carbons (Fsp3) is 0.0455. The molecule has 1 aromatic heterocycles. The van der Waals surface area contributed by atoms with Gasteiger partial charge in [-0.3, -0.25) is 20.3 Å². The molecule has 3 aromatic carbocycles. The zero-order valence-corrected chi connectivity index (χ0v) is 17.2. The largest absolute Gasteiger partial charge is 0.382 e. The fourth-order valence-corrected chi connectivity index (χ4v) is 3.33. The predicted octanol–water partition coefficient (Wildman–Crippen LogP) is 4.03. The van der Waals surface area contributed by atoms with Crippen LogP contribution in [-0.2, 0) is 0 Å². The van der Waals surface area contributed by atoms with E-state index in [1.807, 2.05) is 6.07 Å². The van der Waals surface area contributed by atoms with Gasteiger partial charge < -0.3 is 10.1 Å². The Morgan fingerprint density at radius 1 is 1.12 bits per heavy atom. The third kappa shape index (κ3) is 4.34. The highest BCUT2D eigenvalue weighted by Gasteiger charge is 2.24. The number of aromatic amines is 1. The molecule has 0 fully saturated rings. The van der Waals surface area contributed by atoms with E-state index in [1.54, 1.807) is 48.5 Å². The van der Waals surface area contributed by atoms with Crippen molar-refractivity contribution in [3.05, 3.63) is 110 Å². The number of rotatable bonds is 6. The zero-order chi connectivity index (χ0) is 22.7. The molecule has 4 aromatic rings. The molecule has 9 nitrogen and oxygen atoms in total. The highest BCUT2D eigenvalue weighted by atomic mass is 35.5. The van der Waals surface area contributed by atoms with Gasteiger partial charge in [0, 0.05) is 22.7 Å². The van der Waals surface area contributed by atoms with Crippen LogP contribution >= 0.6 is 11.6 Å². The van der Waals surface area contributed by atoms with Crippen molar-refractivity contribution in [3.8, 4) is 0 Å². The summed E-state index contributed by atoms with van der Waals surface area (Å²) in [5.41, 5.74) is 3.20. The molecule has 0 saturated heterocycles. The molecule has 160 valence electrons. The normalized spacial score (nSPS) is 12.5. The number of halogens is 1. The van der Waals surface area contributed by atoms with Gasteiger partial charge in [0.25, 0.3) is 11.2 Å². The van der Waals surface area contributed by atoms with Crippen molar-refractivity contribution in [2.45, 2.75) is 6.10 Å². The van der Waals surface area contributed by atoms with Crippen LogP contribution in [0.3, 0.4) is 0 Å². The van der Waals surface area contributed by atoms with Gasteiger partial charge in [-0.2, -0.15) is 5.10 Å². The Bertz CT molecular complexity index is 1390. The molecule has 4 rings (SSSR count). The summed E-state index contributed by atoms with van der Waals surface area (Å²) < 4.78 is 0. The van der Waals surface area contributed by atoms with Gasteiger partial charge in [-0.15, -0.1) is 0 Å². The van der Waals surface area contributed by atoms with Crippen LogP contribution in [0.25, 0.3) is 11.0 Å². The Labute approximate surface area is 186 Å². The lowest BCUT2D eigenvalue weighted by molar-refractivity contribution is -0.384. The number of hydrogen-bond donors (Lipinski definition) is 3. The van der Waals surface area contributed by atoms with E-state index < -0.39 is 16.6 Å². The second kappa shape index (κ2) is 8.96. The number of non-ortho nitro benzene ring substituents is 1. The number of nitrogens with zero attached hydrogens (tertiary/aromatic N) is 3. The molecule has 1 atom stereocenters. The number of hydrogen-bond acceptors (Lipinski definition) is 7. The third-order valence-corrected chi connectivity index (χ3v) is 5.01. The van der Waals surface area contributed by atoms with Gasteiger partial charge in [0.2, 0.25) is 0 Å². The lowest BCUT2D eigenvalue weighted by Gasteiger charge is -2.15. The number of nitro groups is 1. The average molecular weight is 450 g/mol. The van der Waals surface area contributed by atoms with Crippen LogP contribution in [0.1, 0.15) is 17.4 Å². The second-order valence-electron chi connectivity index (χ2n) is 6.77. The van der Waals surface area contributed by atoms with E-state index in [1.165, 1.54) is 18.2 Å². The number of nitrogens with one attached hydrogen (secondary N) is 2. The summed E-state index contributed by atoms with van der Waals surface area (Å²) in [5, 5.41) is 26.6. The number of fused-ring (bicyclic) bond motifs is 1. The molecule has 0 aliphatic carbocycles. The number of nitro benzene ring substituents is 1. The Hall–Kier alpha value is -4.08. The molecule has 0 radical (unpaired) electrons. The van der Waals surface area contributed by atoms with Gasteiger partial charge in [-0.05, 0) is 24.3 Å². The number of aliphatic hydroxyl groups excluding tert-OH is 1. The first-order valence-electron chi connectivity index (χ1n) is 9.44. The smallest absolute Gasteiger partial charge is 0.276 e. The molecule has 0 aliphatic heterocycles. The van der Waals surface area contributed by atoms with Crippen molar-refractivity contribution in [1.82, 2.24) is 9.97 Å². The first-order chi connectivity index (χ1) is 15.4. The minimum atomic E-state index is -1.37. The molecule has 0 aliphatic rings. The lowest BCUT2D eigenvalue weighted by atomic mass is 10.0. The first-order valence-corrected chi connectivity index (χ1v) is 9.82. The highest BCUT2D eigenvalue weighted by Crippen LogP contribution is 2.26. The van der Waals surface area contributed by atoms with Crippen LogP contribution in [-0.4, -0.2) is 25.7 Å². The highest BCUT2D eigenvalue weighted by molar-refractivity contribution is 6.31. The monoisotopic (exact) mass is 449 g/mol. The maximum Gasteiger partial charge on any atom is 0.276 e. The maximum absolute atomic E-state index is 12.8. The average Bonchev–Trinajstić information content (AvgIpc) is 2.79. The molecular weight excluding hydrogens is 434 g/mol. The Morgan fingerprint density at radius 3 is 2.56 bits per heavy atom. The summed E-state index contributed by atoms with van der Waals surface area (Å²) in [6.45, 7) is 0. The SMILES string of the molecule is O=c1[nH]c2cc([N+](=O)[O-])ccc2nc1/C(=N/Nc1ccccc1)C(O)c1ccccc1Cl. The van der Waals surface area contributed by atoms with Crippen molar-refractivity contribution in [3.63, 3.8) is 0 Å². The van der Waals surface area contributed by atoms with Crippen LogP contribution in [0.2, 0.25) is 5.02 Å². The quantitative estimate of drug-likeness (QED) is 0.231. The third-order valence-electron chi connectivity index (χ3n) is 4.67. The van der Waals surface area contributed by atoms with Gasteiger partial charge in [0.05, 0.1) is 21.6 Å². The number of aromatic nitrogens is 2. The van der Waals surface area contributed by atoms with Gasteiger partial charge in [0.1, 0.15) is 11.8 Å². The summed E-state index contributed by atoms with van der Waals surface area (Å²) in [5.74, 6) is 0. The van der Waals surface area contributed by atoms with E-state index in [4.69, 9.17) is 11.6 Å². The van der Waals surface area contributed by atoms with Crippen molar-refractivity contribution in [2.24, 2.45) is 5.10 Å². The predicted molar refractivity (Wildman–Crippen MR) is 122 cm³/mol. The molecule has 1 heterocycles. The molecule has 1 unspecified atom stereocenters. The molecule has 3 N–H and O–H groups in total. The van der Waals surface area contributed by atoms with Gasteiger partial charge >= 0.3 is 0 Å². The molecule has 0 spiro atoms. The lowest BCUT2D eigenvalue weighted by Crippen LogP contribution is -2.26. The first kappa shape index (κ1) is 21.2. The van der Waals surface area contributed by atoms with E-state index in [0.29, 0.717) is 21.8 Å². The van der Waals surface area contributed by atoms with Crippen LogP contribution in [0.15, 0.2) is 82.7 Å². The van der Waals surface area contributed by atoms with Gasteiger partial charge in [0.15, 0.2) is 5.69 Å². The topological polar surface area (TPSA) is 134 Å². The number of benzene rings is 3. The van der Waals surface area contributed by atoms with Gasteiger partial charge in [-0.1, -0.05) is 48.0 Å². The molecule has 0 bridgehead atoms. The van der Waals surface area contributed by atoms with E-state index in [-0.39, 0.29) is 22.6 Å². The molecule has 0 amide bonds. The minimum absolute atomic E-state index is 0.0662. The second-order valence-corrected chi connectivity index (χ2v) is 7.18. The van der Waals surface area contributed by atoms with Crippen molar-refractivity contribution < 1.29 is 10.0 Å². The van der Waals surface area contributed by atoms with Crippen LogP contribution in [0.5, 0.6) is 0 Å². The van der Waals surface area contributed by atoms with Crippen molar-refractivity contribution >= 4 is 39.7 Å². The number of aliphatic hydroxyl groups is 1. The molecule has 32 heavy (non-hydrogen) atoms. The summed E-state index contributed by atoms with van der Waals surface area (Å²) in [4.78, 5) is 30.2. The van der Waals surface area contributed by atoms with E-state index in [9.17, 15) is 20.0 Å². The van der Waals surface area contributed by atoms with Gasteiger partial charge in [-0.25, -0.2) is 4.98 Å². The Morgan fingerprint density at radius 2 is 1.84 bits per heavy atom. The summed E-state index contributed by atoms with van der Waals surface area (Å²) in [6.07, 6.45) is -1.37. The van der Waals surface area contributed by atoms with Crippen molar-refractivity contribution in [1.29, 1.82) is 0 Å². The minimum Gasteiger partial charge on any atom is -0.382 e. The molecule has 10 heteroatoms. The van der Waals surface area contributed by atoms with E-state index in [2.05, 4.69) is 20.5 Å². The molecular formula is C22H16ClN5O4. The zero-order valence-electron chi connectivity index (χ0n) is 16.4. The van der Waals surface area contributed by atoms with Crippen molar-refractivity contribution in [2.75, 3.05) is 5.43 Å². The summed E-state index contributed by atoms with van der Waals surface area (Å²) in [7, 11) is 0. The van der Waals surface area contributed by atoms with Crippen LogP contribution in [0.4, 0.5) is 11.4 Å². The Kier molecular flexibility index (Phi) is 5.93. The standard InChI is InChI=1S/C22H16ClN5O4/c23-16-9-5-4-8-15(16)21(29)19(27-26-13-6-2-1-3-7-13)20-22(30)25-18-12-14(28(31)32)10-11-17(18)24-20/h1-12,21,26,29H,(H,25,30)/b27-19-. The number of anilines is 1. The fourth-order valence-electron chi connectivity index (χ4n) is 3.09. The van der Waals surface area contributed by atoms with Crippen LogP contribution in [0, 0.1) is 10.1 Å². The maximum atomic E-state index is 12.8. The number of H-pyrrole nitrogens is 1. The molecule has 0 saturated carbocycles.